The SMILES string of the molecule is CCC1(OC(=O)COC(=O)COC(=O)C(CC(=O)OC2(CC)CCCC2)c2cc(-[s+]3c4ccccc4c4ccccc43)ccc2OC)CCCC1. The Labute approximate surface area is 301 Å². The molecule has 0 N–H and O–H groups in total. The van der Waals surface area contributed by atoms with E-state index in [-0.39, 0.29) is 6.42 Å². The van der Waals surface area contributed by atoms with Gasteiger partial charge in [-0.15, -0.1) is 0 Å². The molecule has 1 heterocycles. The number of thiophene rings is 1. The first kappa shape index (κ1) is 36.4. The molecule has 0 aliphatic heterocycles. The number of ether oxygens (including phenoxy) is 5. The van der Waals surface area contributed by atoms with Crippen LogP contribution in [0.1, 0.15) is 96.0 Å². The smallest absolute Gasteiger partial charge is 0.344 e. The highest BCUT2D eigenvalue weighted by Crippen LogP contribution is 2.50. The molecule has 9 nitrogen and oxygen atoms in total. The van der Waals surface area contributed by atoms with Crippen LogP contribution in [0.15, 0.2) is 66.7 Å². The van der Waals surface area contributed by atoms with Crippen molar-refractivity contribution in [2.24, 2.45) is 0 Å². The molecule has 0 spiro atoms. The normalized spacial score (nSPS) is 16.8. The molecule has 2 saturated carbocycles. The average Bonchev–Trinajstić information content (AvgIpc) is 3.90. The average molecular weight is 716 g/mol. The number of benzene rings is 3. The van der Waals surface area contributed by atoms with E-state index in [2.05, 4.69) is 24.3 Å². The van der Waals surface area contributed by atoms with Gasteiger partial charge in [0.05, 0.1) is 19.4 Å². The molecule has 2 aliphatic carbocycles. The Balaban J connectivity index is 1.26. The summed E-state index contributed by atoms with van der Waals surface area (Å²) in [5.41, 5.74) is -0.603. The predicted molar refractivity (Wildman–Crippen MR) is 196 cm³/mol. The highest BCUT2D eigenvalue weighted by Gasteiger charge is 2.39. The van der Waals surface area contributed by atoms with Crippen LogP contribution in [0, 0.1) is 0 Å². The number of carbonyl (C=O) groups is 4. The van der Waals surface area contributed by atoms with E-state index in [0.29, 0.717) is 24.2 Å². The number of fused-ring (bicyclic) bond motifs is 3. The summed E-state index contributed by atoms with van der Waals surface area (Å²) >= 11 is 0. The Morgan fingerprint density at radius 3 is 1.76 bits per heavy atom. The van der Waals surface area contributed by atoms with E-state index >= 15 is 0 Å². The van der Waals surface area contributed by atoms with Gasteiger partial charge in [-0.3, -0.25) is 9.59 Å². The minimum atomic E-state index is -1.14. The molecule has 3 aromatic carbocycles. The topological polar surface area (TPSA) is 114 Å². The van der Waals surface area contributed by atoms with Crippen molar-refractivity contribution in [1.29, 1.82) is 0 Å². The van der Waals surface area contributed by atoms with Crippen LogP contribution in [0.3, 0.4) is 0 Å². The van der Waals surface area contributed by atoms with E-state index in [9.17, 15) is 19.2 Å². The first-order valence-corrected chi connectivity index (χ1v) is 19.3. The Morgan fingerprint density at radius 2 is 1.22 bits per heavy atom. The summed E-state index contributed by atoms with van der Waals surface area (Å²) in [5.74, 6) is -3.57. The van der Waals surface area contributed by atoms with Crippen molar-refractivity contribution in [3.05, 3.63) is 72.3 Å². The van der Waals surface area contributed by atoms with E-state index in [0.717, 1.165) is 67.0 Å². The quantitative estimate of drug-likeness (QED) is 0.0718. The summed E-state index contributed by atoms with van der Waals surface area (Å²) < 4.78 is 30.5. The Bertz CT molecular complexity index is 1840. The predicted octanol–water partition coefficient (Wildman–Crippen LogP) is 8.83. The molecule has 0 saturated heterocycles. The lowest BCUT2D eigenvalue weighted by atomic mass is 9.94. The molecule has 2 aliphatic rings. The maximum atomic E-state index is 13.9. The van der Waals surface area contributed by atoms with Gasteiger partial charge < -0.3 is 23.7 Å². The van der Waals surface area contributed by atoms with Crippen molar-refractivity contribution in [3.8, 4) is 10.6 Å². The van der Waals surface area contributed by atoms with Crippen LogP contribution in [0.2, 0.25) is 0 Å². The van der Waals surface area contributed by atoms with Crippen molar-refractivity contribution in [3.63, 3.8) is 0 Å². The molecule has 1 unspecified atom stereocenters. The molecular weight excluding hydrogens is 669 g/mol. The highest BCUT2D eigenvalue weighted by atomic mass is 32.2. The second kappa shape index (κ2) is 15.8. The van der Waals surface area contributed by atoms with Gasteiger partial charge in [-0.05, 0) is 94.5 Å². The summed E-state index contributed by atoms with van der Waals surface area (Å²) in [4.78, 5) is 53.7. The Morgan fingerprint density at radius 1 is 0.686 bits per heavy atom. The number of hydrogen-bond donors (Lipinski definition) is 0. The lowest BCUT2D eigenvalue weighted by molar-refractivity contribution is -0.173. The molecule has 0 radical (unpaired) electrons. The van der Waals surface area contributed by atoms with Crippen LogP contribution >= 0.6 is 10.5 Å². The maximum absolute atomic E-state index is 13.9. The second-order valence-electron chi connectivity index (χ2n) is 13.7. The van der Waals surface area contributed by atoms with Gasteiger partial charge in [0.15, 0.2) is 27.5 Å². The van der Waals surface area contributed by atoms with E-state index in [1.807, 2.05) is 56.3 Å². The number of rotatable bonds is 14. The molecule has 51 heavy (non-hydrogen) atoms. The summed E-state index contributed by atoms with van der Waals surface area (Å²) in [6, 6.07) is 22.3. The first-order chi connectivity index (χ1) is 24.7. The van der Waals surface area contributed by atoms with Crippen molar-refractivity contribution in [1.82, 2.24) is 0 Å². The van der Waals surface area contributed by atoms with Gasteiger partial charge in [-0.2, -0.15) is 0 Å². The Kier molecular flexibility index (Phi) is 11.3. The number of methoxy groups -OCH3 is 1. The van der Waals surface area contributed by atoms with Gasteiger partial charge in [0.1, 0.15) is 17.0 Å². The lowest BCUT2D eigenvalue weighted by Crippen LogP contribution is -2.34. The maximum Gasteiger partial charge on any atom is 0.344 e. The first-order valence-electron chi connectivity index (χ1n) is 18.1. The van der Waals surface area contributed by atoms with Crippen LogP contribution in [0.5, 0.6) is 5.75 Å². The third-order valence-electron chi connectivity index (χ3n) is 10.6. The molecule has 1 atom stereocenters. The molecule has 0 bridgehead atoms. The van der Waals surface area contributed by atoms with Crippen molar-refractivity contribution >= 4 is 54.5 Å². The van der Waals surface area contributed by atoms with Crippen LogP contribution in [0.25, 0.3) is 25.1 Å². The summed E-state index contributed by atoms with van der Waals surface area (Å²) in [5, 5.41) is 2.32. The lowest BCUT2D eigenvalue weighted by Gasteiger charge is -2.28. The van der Waals surface area contributed by atoms with E-state index in [4.69, 9.17) is 23.7 Å². The van der Waals surface area contributed by atoms with Crippen LogP contribution < -0.4 is 4.74 Å². The fourth-order valence-electron chi connectivity index (χ4n) is 7.77. The highest BCUT2D eigenvalue weighted by molar-refractivity contribution is 7.50. The van der Waals surface area contributed by atoms with E-state index in [1.165, 1.54) is 16.5 Å². The van der Waals surface area contributed by atoms with E-state index in [1.54, 1.807) is 0 Å². The van der Waals surface area contributed by atoms with Gasteiger partial charge in [0, 0.05) is 38.9 Å². The molecule has 6 rings (SSSR count). The van der Waals surface area contributed by atoms with Gasteiger partial charge in [-0.1, -0.05) is 38.1 Å². The number of carbonyl (C=O) groups excluding carboxylic acids is 4. The van der Waals surface area contributed by atoms with E-state index < -0.39 is 64.7 Å². The van der Waals surface area contributed by atoms with Gasteiger partial charge in [-0.25, -0.2) is 9.59 Å². The van der Waals surface area contributed by atoms with Gasteiger partial charge in [0.2, 0.25) is 0 Å². The fourth-order valence-corrected chi connectivity index (χ4v) is 10.2. The number of esters is 4. The summed E-state index contributed by atoms with van der Waals surface area (Å²) in [6.07, 6.45) is 8.12. The molecule has 4 aromatic rings. The fraction of sp³-hybridized carbons (Fsp3) is 0.463. The number of hydrogen-bond acceptors (Lipinski definition) is 9. The minimum absolute atomic E-state index is 0.304. The third-order valence-corrected chi connectivity index (χ3v) is 13.0. The van der Waals surface area contributed by atoms with Crippen molar-refractivity contribution in [2.45, 2.75) is 102 Å². The van der Waals surface area contributed by atoms with Gasteiger partial charge >= 0.3 is 23.9 Å². The summed E-state index contributed by atoms with van der Waals surface area (Å²) in [7, 11) is 1.03. The van der Waals surface area contributed by atoms with Crippen LogP contribution in [-0.4, -0.2) is 55.4 Å². The Hall–Kier alpha value is -4.44. The summed E-state index contributed by atoms with van der Waals surface area (Å²) in [6.45, 7) is 2.67. The van der Waals surface area contributed by atoms with Gasteiger partial charge in [0.25, 0.3) is 0 Å². The third kappa shape index (κ3) is 7.91. The van der Waals surface area contributed by atoms with Crippen LogP contribution in [0.4, 0.5) is 0 Å². The molecule has 1 aromatic heterocycles. The monoisotopic (exact) mass is 715 g/mol. The molecule has 10 heteroatoms. The minimum Gasteiger partial charge on any atom is -0.496 e. The molecule has 270 valence electrons. The standard InChI is InChI=1S/C41H47O9S/c1-4-40(20-10-11-21-40)49-36(42)25-32(39(45)48-26-37(43)47-27-38(44)50-41(5-2)22-12-13-23-41)31-24-28(18-19-33(31)46-3)51-34-16-8-6-14-29(34)30-15-7-9-17-35(30)51/h6-9,14-19,24,32H,4-5,10-13,20-23,25-27H2,1-3H3/q+1. The van der Waals surface area contributed by atoms with Crippen LogP contribution in [-0.2, 0) is 38.1 Å². The zero-order chi connectivity index (χ0) is 36.0. The second-order valence-corrected chi connectivity index (χ2v) is 15.6. The molecule has 0 amide bonds. The largest absolute Gasteiger partial charge is 0.496 e. The zero-order valence-electron chi connectivity index (χ0n) is 29.7. The zero-order valence-corrected chi connectivity index (χ0v) is 30.5. The van der Waals surface area contributed by atoms with Crippen molar-refractivity contribution in [2.75, 3.05) is 20.3 Å². The molecular formula is C41H47O9S+. The molecule has 2 fully saturated rings. The van der Waals surface area contributed by atoms with Crippen molar-refractivity contribution < 1.29 is 42.9 Å².